The minimum atomic E-state index is -1.88. The zero-order valence-corrected chi connectivity index (χ0v) is 11.2. The Morgan fingerprint density at radius 3 is 2.65 bits per heavy atom. The van der Waals surface area contributed by atoms with Gasteiger partial charge in [0.15, 0.2) is 5.78 Å². The summed E-state index contributed by atoms with van der Waals surface area (Å²) in [4.78, 5) is 12.6. The molecule has 1 aliphatic carbocycles. The predicted molar refractivity (Wildman–Crippen MR) is 72.6 cm³/mol. The monoisotopic (exact) mass is 276 g/mol. The first-order valence-corrected chi connectivity index (χ1v) is 6.06. The molecule has 0 heterocycles. The average molecular weight is 276 g/mol. The van der Waals surface area contributed by atoms with E-state index in [1.807, 2.05) is 0 Å². The van der Waals surface area contributed by atoms with Gasteiger partial charge in [-0.3, -0.25) is 4.79 Å². The molecule has 0 amide bonds. The molecule has 0 fully saturated rings. The van der Waals surface area contributed by atoms with Crippen LogP contribution in [0.5, 0.6) is 5.75 Å². The molecule has 0 saturated carbocycles. The number of benzene rings is 1. The van der Waals surface area contributed by atoms with E-state index in [1.165, 1.54) is 26.4 Å². The Labute approximate surface area is 116 Å². The summed E-state index contributed by atoms with van der Waals surface area (Å²) in [5, 5.41) is 19.8. The molecule has 2 atom stereocenters. The van der Waals surface area contributed by atoms with E-state index in [0.717, 1.165) is 6.08 Å². The van der Waals surface area contributed by atoms with E-state index in [-0.39, 0.29) is 11.5 Å². The standard InChI is InChI=1S/C15H16O5/c1-19-13-6-4-3-5-11(13)14(17)12-8-7-10(16)9-15(12,18)20-2/h3-9,12,16,18H,1-2H3. The highest BCUT2D eigenvalue weighted by Crippen LogP contribution is 2.32. The number of rotatable bonds is 4. The third-order valence-electron chi connectivity index (χ3n) is 3.24. The predicted octanol–water partition coefficient (Wildman–Crippen LogP) is 1.84. The van der Waals surface area contributed by atoms with Crippen molar-refractivity contribution >= 4 is 5.78 Å². The van der Waals surface area contributed by atoms with E-state index in [2.05, 4.69) is 0 Å². The van der Waals surface area contributed by atoms with Gasteiger partial charge in [-0.25, -0.2) is 0 Å². The SMILES string of the molecule is COc1ccccc1C(=O)C1C=CC(O)=CC1(O)OC. The summed E-state index contributed by atoms with van der Waals surface area (Å²) in [6.07, 6.45) is 3.87. The summed E-state index contributed by atoms with van der Waals surface area (Å²) in [5.41, 5.74) is 0.343. The molecule has 0 bridgehead atoms. The second-order valence-electron chi connectivity index (χ2n) is 4.43. The van der Waals surface area contributed by atoms with Gasteiger partial charge in [-0.1, -0.05) is 18.2 Å². The molecule has 0 radical (unpaired) electrons. The molecule has 0 saturated heterocycles. The van der Waals surface area contributed by atoms with Crippen LogP contribution in [0.2, 0.25) is 0 Å². The maximum absolute atomic E-state index is 12.6. The van der Waals surface area contributed by atoms with E-state index < -0.39 is 11.7 Å². The van der Waals surface area contributed by atoms with E-state index in [4.69, 9.17) is 9.47 Å². The van der Waals surface area contributed by atoms with Crippen molar-refractivity contribution in [1.29, 1.82) is 0 Å². The molecule has 2 rings (SSSR count). The minimum Gasteiger partial charge on any atom is -0.508 e. The van der Waals surface area contributed by atoms with Crippen LogP contribution in [0.4, 0.5) is 0 Å². The van der Waals surface area contributed by atoms with Crippen LogP contribution in [0.25, 0.3) is 0 Å². The minimum absolute atomic E-state index is 0.154. The number of hydrogen-bond donors (Lipinski definition) is 2. The van der Waals surface area contributed by atoms with Crippen molar-refractivity contribution in [1.82, 2.24) is 0 Å². The first-order valence-electron chi connectivity index (χ1n) is 6.06. The number of carbonyl (C=O) groups excluding carboxylic acids is 1. The van der Waals surface area contributed by atoms with Crippen LogP contribution in [-0.4, -0.2) is 36.0 Å². The van der Waals surface area contributed by atoms with Gasteiger partial charge in [0.25, 0.3) is 0 Å². The highest BCUT2D eigenvalue weighted by molar-refractivity contribution is 6.02. The summed E-state index contributed by atoms with van der Waals surface area (Å²) in [6.45, 7) is 0. The van der Waals surface area contributed by atoms with E-state index in [1.54, 1.807) is 24.3 Å². The molecule has 20 heavy (non-hydrogen) atoms. The summed E-state index contributed by atoms with van der Waals surface area (Å²) < 4.78 is 10.1. The fraction of sp³-hybridized carbons (Fsp3) is 0.267. The fourth-order valence-corrected chi connectivity index (χ4v) is 2.16. The van der Waals surface area contributed by atoms with Crippen LogP contribution in [-0.2, 0) is 4.74 Å². The largest absolute Gasteiger partial charge is 0.508 e. The number of ketones is 1. The lowest BCUT2D eigenvalue weighted by Gasteiger charge is -2.31. The molecule has 106 valence electrons. The Balaban J connectivity index is 2.41. The maximum atomic E-state index is 12.6. The smallest absolute Gasteiger partial charge is 0.202 e. The Morgan fingerprint density at radius 2 is 2.00 bits per heavy atom. The van der Waals surface area contributed by atoms with Crippen LogP contribution in [0.15, 0.2) is 48.3 Å². The number of methoxy groups -OCH3 is 2. The average Bonchev–Trinajstić information content (AvgIpc) is 2.46. The van der Waals surface area contributed by atoms with Crippen LogP contribution in [0.1, 0.15) is 10.4 Å². The van der Waals surface area contributed by atoms with Crippen LogP contribution < -0.4 is 4.74 Å². The molecule has 2 unspecified atom stereocenters. The zero-order valence-electron chi connectivity index (χ0n) is 11.2. The summed E-state index contributed by atoms with van der Waals surface area (Å²) in [5.74, 6) is -2.93. The lowest BCUT2D eigenvalue weighted by Crippen LogP contribution is -2.43. The molecule has 1 aromatic carbocycles. The molecule has 5 nitrogen and oxygen atoms in total. The van der Waals surface area contributed by atoms with Crippen LogP contribution >= 0.6 is 0 Å². The van der Waals surface area contributed by atoms with Gasteiger partial charge < -0.3 is 19.7 Å². The first-order chi connectivity index (χ1) is 9.51. The number of hydrogen-bond acceptors (Lipinski definition) is 5. The Kier molecular flexibility index (Phi) is 3.92. The molecular weight excluding hydrogens is 260 g/mol. The normalized spacial score (nSPS) is 25.1. The summed E-state index contributed by atoms with van der Waals surface area (Å²) >= 11 is 0. The van der Waals surface area contributed by atoms with Crippen molar-refractivity contribution in [2.45, 2.75) is 5.79 Å². The highest BCUT2D eigenvalue weighted by Gasteiger charge is 2.41. The number of aliphatic hydroxyl groups excluding tert-OH is 1. The van der Waals surface area contributed by atoms with Gasteiger partial charge in [-0.15, -0.1) is 0 Å². The number of aliphatic hydroxyl groups is 2. The van der Waals surface area contributed by atoms with E-state index >= 15 is 0 Å². The molecular formula is C15H16O5. The maximum Gasteiger partial charge on any atom is 0.202 e. The molecule has 1 aromatic rings. The molecule has 0 aromatic heterocycles. The Morgan fingerprint density at radius 1 is 1.30 bits per heavy atom. The van der Waals surface area contributed by atoms with Crippen LogP contribution in [0.3, 0.4) is 0 Å². The summed E-state index contributed by atoms with van der Waals surface area (Å²) in [7, 11) is 2.74. The third kappa shape index (κ3) is 2.45. The fourth-order valence-electron chi connectivity index (χ4n) is 2.16. The Hall–Kier alpha value is -2.11. The van der Waals surface area contributed by atoms with Crippen molar-refractivity contribution in [3.8, 4) is 5.75 Å². The Bertz CT molecular complexity index is 575. The zero-order chi connectivity index (χ0) is 14.8. The van der Waals surface area contributed by atoms with Gasteiger partial charge in [-0.2, -0.15) is 0 Å². The van der Waals surface area contributed by atoms with Crippen molar-refractivity contribution in [3.63, 3.8) is 0 Å². The number of allylic oxidation sites excluding steroid dienone is 1. The van der Waals surface area contributed by atoms with Gasteiger partial charge in [0.05, 0.1) is 18.6 Å². The highest BCUT2D eigenvalue weighted by atomic mass is 16.6. The molecule has 2 N–H and O–H groups in total. The van der Waals surface area contributed by atoms with Gasteiger partial charge in [0, 0.05) is 13.2 Å². The number of ether oxygens (including phenoxy) is 2. The molecule has 0 aliphatic heterocycles. The van der Waals surface area contributed by atoms with Gasteiger partial charge in [0.1, 0.15) is 11.5 Å². The number of carbonyl (C=O) groups is 1. The molecule has 1 aliphatic rings. The summed E-state index contributed by atoms with van der Waals surface area (Å²) in [6, 6.07) is 6.74. The second-order valence-corrected chi connectivity index (χ2v) is 4.43. The first kappa shape index (κ1) is 14.3. The van der Waals surface area contributed by atoms with Crippen molar-refractivity contribution in [2.75, 3.05) is 14.2 Å². The van der Waals surface area contributed by atoms with Crippen molar-refractivity contribution < 1.29 is 24.5 Å². The third-order valence-corrected chi connectivity index (χ3v) is 3.24. The van der Waals surface area contributed by atoms with Gasteiger partial charge in [0.2, 0.25) is 5.79 Å². The van der Waals surface area contributed by atoms with Crippen molar-refractivity contribution in [3.05, 3.63) is 53.8 Å². The van der Waals surface area contributed by atoms with Gasteiger partial charge >= 0.3 is 0 Å². The topological polar surface area (TPSA) is 76.0 Å². The quantitative estimate of drug-likeness (QED) is 0.648. The lowest BCUT2D eigenvalue weighted by molar-refractivity contribution is -0.164. The van der Waals surface area contributed by atoms with E-state index in [9.17, 15) is 15.0 Å². The van der Waals surface area contributed by atoms with Gasteiger partial charge in [-0.05, 0) is 18.2 Å². The molecule has 0 spiro atoms. The van der Waals surface area contributed by atoms with Crippen LogP contribution in [0, 0.1) is 5.92 Å². The van der Waals surface area contributed by atoms with E-state index in [0.29, 0.717) is 11.3 Å². The number of para-hydroxylation sites is 1. The lowest BCUT2D eigenvalue weighted by atomic mass is 9.86. The number of Topliss-reactive ketones (excluding diaryl/α,β-unsaturated/α-hetero) is 1. The van der Waals surface area contributed by atoms with Crippen molar-refractivity contribution in [2.24, 2.45) is 5.92 Å². The second kappa shape index (κ2) is 5.48. The molecule has 5 heteroatoms.